The number of benzene rings is 2. The molecule has 1 fully saturated rings. The average Bonchev–Trinajstić information content (AvgIpc) is 3.45. The van der Waals surface area contributed by atoms with Crippen molar-refractivity contribution in [2.45, 2.75) is 43.6 Å². The Morgan fingerprint density at radius 1 is 1.12 bits per heavy atom. The second kappa shape index (κ2) is 6.60. The van der Waals surface area contributed by atoms with Crippen LogP contribution in [0.4, 0.5) is 5.69 Å². The Bertz CT molecular complexity index is 829. The first-order valence-electron chi connectivity index (χ1n) is 9.31. The molecule has 0 aromatic heterocycles. The van der Waals surface area contributed by atoms with E-state index in [1.807, 2.05) is 49.5 Å². The second-order valence-electron chi connectivity index (χ2n) is 7.47. The Kier molecular flexibility index (Phi) is 4.27. The fourth-order valence-electron chi connectivity index (χ4n) is 4.02. The molecule has 0 bridgehead atoms. The van der Waals surface area contributed by atoms with Crippen LogP contribution in [-0.2, 0) is 21.4 Å². The molecule has 2 aromatic rings. The van der Waals surface area contributed by atoms with Gasteiger partial charge >= 0.3 is 0 Å². The number of nitrogens with one attached hydrogen (secondary N) is 1. The SMILES string of the molecule is CN1C(=O)[C@](CCC(=O)NC2CC2)(Cc2ccccc2)c2ccccc21. The van der Waals surface area contributed by atoms with Crippen LogP contribution in [0.5, 0.6) is 0 Å². The summed E-state index contributed by atoms with van der Waals surface area (Å²) in [6.07, 6.45) is 3.67. The summed E-state index contributed by atoms with van der Waals surface area (Å²) < 4.78 is 0. The molecular formula is C22H24N2O2. The molecule has 1 atom stereocenters. The lowest BCUT2D eigenvalue weighted by atomic mass is 9.73. The average molecular weight is 348 g/mol. The minimum absolute atomic E-state index is 0.0553. The third-order valence-corrected chi connectivity index (χ3v) is 5.57. The van der Waals surface area contributed by atoms with Gasteiger partial charge in [-0.2, -0.15) is 0 Å². The minimum Gasteiger partial charge on any atom is -0.353 e. The number of nitrogens with zero attached hydrogens (tertiary/aromatic N) is 1. The summed E-state index contributed by atoms with van der Waals surface area (Å²) in [7, 11) is 1.83. The number of rotatable bonds is 6. The summed E-state index contributed by atoms with van der Waals surface area (Å²) in [5.41, 5.74) is 2.44. The van der Waals surface area contributed by atoms with Gasteiger partial charge in [0.25, 0.3) is 0 Å². The van der Waals surface area contributed by atoms with E-state index in [1.54, 1.807) is 4.90 Å². The third kappa shape index (κ3) is 3.00. The van der Waals surface area contributed by atoms with Crippen LogP contribution in [0.1, 0.15) is 36.8 Å². The maximum Gasteiger partial charge on any atom is 0.237 e. The number of fused-ring (bicyclic) bond motifs is 1. The molecule has 1 aliphatic heterocycles. The van der Waals surface area contributed by atoms with Gasteiger partial charge in [0.2, 0.25) is 11.8 Å². The van der Waals surface area contributed by atoms with E-state index in [-0.39, 0.29) is 11.8 Å². The zero-order valence-corrected chi connectivity index (χ0v) is 15.1. The lowest BCUT2D eigenvalue weighted by Gasteiger charge is -2.28. The van der Waals surface area contributed by atoms with E-state index in [9.17, 15) is 9.59 Å². The van der Waals surface area contributed by atoms with Crippen molar-refractivity contribution in [2.24, 2.45) is 0 Å². The summed E-state index contributed by atoms with van der Waals surface area (Å²) in [5, 5.41) is 3.05. The zero-order valence-electron chi connectivity index (χ0n) is 15.1. The van der Waals surface area contributed by atoms with Crippen molar-refractivity contribution in [1.82, 2.24) is 5.32 Å². The molecule has 0 spiro atoms. The van der Waals surface area contributed by atoms with E-state index in [4.69, 9.17) is 0 Å². The number of hydrogen-bond donors (Lipinski definition) is 1. The standard InChI is InChI=1S/C22H24N2O2/c1-24-19-10-6-5-9-18(19)22(21(24)26,15-16-7-3-2-4-8-16)14-13-20(25)23-17-11-12-17/h2-10,17H,11-15H2,1H3,(H,23,25)/t22-/m1/s1. The van der Waals surface area contributed by atoms with Gasteiger partial charge in [-0.05, 0) is 42.9 Å². The molecule has 0 saturated heterocycles. The maximum absolute atomic E-state index is 13.3. The first kappa shape index (κ1) is 16.8. The van der Waals surface area contributed by atoms with Crippen molar-refractivity contribution in [2.75, 3.05) is 11.9 Å². The largest absolute Gasteiger partial charge is 0.353 e. The predicted molar refractivity (Wildman–Crippen MR) is 102 cm³/mol. The van der Waals surface area contributed by atoms with E-state index in [2.05, 4.69) is 17.4 Å². The molecular weight excluding hydrogens is 324 g/mol. The van der Waals surface area contributed by atoms with Gasteiger partial charge in [0.1, 0.15) is 0 Å². The Morgan fingerprint density at radius 2 is 1.81 bits per heavy atom. The molecule has 4 rings (SSSR count). The molecule has 0 radical (unpaired) electrons. The smallest absolute Gasteiger partial charge is 0.237 e. The molecule has 2 aromatic carbocycles. The lowest BCUT2D eigenvalue weighted by molar-refractivity contribution is -0.124. The number of anilines is 1. The topological polar surface area (TPSA) is 49.4 Å². The number of hydrogen-bond acceptors (Lipinski definition) is 2. The fraction of sp³-hybridized carbons (Fsp3) is 0.364. The third-order valence-electron chi connectivity index (χ3n) is 5.57. The monoisotopic (exact) mass is 348 g/mol. The molecule has 1 saturated carbocycles. The summed E-state index contributed by atoms with van der Waals surface area (Å²) >= 11 is 0. The maximum atomic E-state index is 13.3. The summed E-state index contributed by atoms with van der Waals surface area (Å²) in [6.45, 7) is 0. The molecule has 0 unspecified atom stereocenters. The van der Waals surface area contributed by atoms with Crippen LogP contribution in [0.2, 0.25) is 0 Å². The molecule has 4 heteroatoms. The van der Waals surface area contributed by atoms with Gasteiger partial charge in [-0.3, -0.25) is 9.59 Å². The van der Waals surface area contributed by atoms with E-state index >= 15 is 0 Å². The predicted octanol–water partition coefficient (Wildman–Crippen LogP) is 3.20. The second-order valence-corrected chi connectivity index (χ2v) is 7.47. The highest BCUT2D eigenvalue weighted by Crippen LogP contribution is 2.46. The molecule has 26 heavy (non-hydrogen) atoms. The fourth-order valence-corrected chi connectivity index (χ4v) is 4.02. The van der Waals surface area contributed by atoms with Crippen molar-refractivity contribution >= 4 is 17.5 Å². The van der Waals surface area contributed by atoms with E-state index in [0.29, 0.717) is 25.3 Å². The summed E-state index contributed by atoms with van der Waals surface area (Å²) in [4.78, 5) is 27.4. The normalized spacial score (nSPS) is 21.6. The van der Waals surface area contributed by atoms with Crippen molar-refractivity contribution in [3.05, 3.63) is 65.7 Å². The van der Waals surface area contributed by atoms with Gasteiger partial charge in [0.05, 0.1) is 5.41 Å². The van der Waals surface area contributed by atoms with Gasteiger partial charge in [-0.1, -0.05) is 48.5 Å². The zero-order chi connectivity index (χ0) is 18.1. The Hall–Kier alpha value is -2.62. The Balaban J connectivity index is 1.67. The molecule has 4 nitrogen and oxygen atoms in total. The van der Waals surface area contributed by atoms with Crippen LogP contribution in [-0.4, -0.2) is 24.9 Å². The number of carbonyl (C=O) groups is 2. The van der Waals surface area contributed by atoms with Crippen LogP contribution < -0.4 is 10.2 Å². The van der Waals surface area contributed by atoms with Crippen molar-refractivity contribution in [1.29, 1.82) is 0 Å². The van der Waals surface area contributed by atoms with Crippen LogP contribution >= 0.6 is 0 Å². The molecule has 1 aliphatic carbocycles. The number of para-hydroxylation sites is 1. The van der Waals surface area contributed by atoms with Gasteiger partial charge in [-0.25, -0.2) is 0 Å². The summed E-state index contributed by atoms with van der Waals surface area (Å²) in [6, 6.07) is 18.4. The number of carbonyl (C=O) groups excluding carboxylic acids is 2. The van der Waals surface area contributed by atoms with Crippen LogP contribution in [0.15, 0.2) is 54.6 Å². The Morgan fingerprint density at radius 3 is 2.54 bits per heavy atom. The van der Waals surface area contributed by atoms with Gasteiger partial charge in [-0.15, -0.1) is 0 Å². The summed E-state index contributed by atoms with van der Waals surface area (Å²) in [5.74, 6) is 0.140. The van der Waals surface area contributed by atoms with E-state index < -0.39 is 5.41 Å². The molecule has 2 aliphatic rings. The number of amides is 2. The first-order chi connectivity index (χ1) is 12.6. The van der Waals surface area contributed by atoms with E-state index in [1.165, 1.54) is 0 Å². The van der Waals surface area contributed by atoms with Crippen molar-refractivity contribution in [3.63, 3.8) is 0 Å². The van der Waals surface area contributed by atoms with E-state index in [0.717, 1.165) is 29.7 Å². The quantitative estimate of drug-likeness (QED) is 0.871. The van der Waals surface area contributed by atoms with Gasteiger partial charge in [0.15, 0.2) is 0 Å². The van der Waals surface area contributed by atoms with Crippen molar-refractivity contribution in [3.8, 4) is 0 Å². The van der Waals surface area contributed by atoms with Crippen molar-refractivity contribution < 1.29 is 9.59 Å². The van der Waals surface area contributed by atoms with Crippen LogP contribution in [0.25, 0.3) is 0 Å². The Labute approximate surface area is 154 Å². The molecule has 134 valence electrons. The van der Waals surface area contributed by atoms with Gasteiger partial charge < -0.3 is 10.2 Å². The van der Waals surface area contributed by atoms with Crippen LogP contribution in [0.3, 0.4) is 0 Å². The van der Waals surface area contributed by atoms with Crippen LogP contribution in [0, 0.1) is 0 Å². The first-order valence-corrected chi connectivity index (χ1v) is 9.31. The molecule has 1 heterocycles. The number of likely N-dealkylation sites (N-methyl/N-ethyl adjacent to an activating group) is 1. The molecule has 2 amide bonds. The minimum atomic E-state index is -0.673. The lowest BCUT2D eigenvalue weighted by Crippen LogP contribution is -2.41. The molecule has 1 N–H and O–H groups in total. The highest BCUT2D eigenvalue weighted by molar-refractivity contribution is 6.08. The van der Waals surface area contributed by atoms with Gasteiger partial charge in [0, 0.05) is 25.2 Å². The highest BCUT2D eigenvalue weighted by Gasteiger charge is 2.49. The highest BCUT2D eigenvalue weighted by atomic mass is 16.2.